The highest BCUT2D eigenvalue weighted by Gasteiger charge is 2.17. The Hall–Kier alpha value is -1.69. The molecule has 2 aromatic rings. The van der Waals surface area contributed by atoms with Gasteiger partial charge in [0, 0.05) is 10.6 Å². The maximum Gasteiger partial charge on any atom is 0.309 e. The van der Waals surface area contributed by atoms with Gasteiger partial charge in [0.25, 0.3) is 0 Å². The van der Waals surface area contributed by atoms with E-state index in [0.717, 1.165) is 28.6 Å². The number of ether oxygens (including phenoxy) is 1. The van der Waals surface area contributed by atoms with Crippen LogP contribution in [0.15, 0.2) is 36.4 Å². The molecule has 0 saturated carbocycles. The zero-order valence-corrected chi connectivity index (χ0v) is 14.7. The van der Waals surface area contributed by atoms with Crippen molar-refractivity contribution in [1.29, 1.82) is 0 Å². The van der Waals surface area contributed by atoms with E-state index in [0.29, 0.717) is 21.3 Å². The smallest absolute Gasteiger partial charge is 0.309 e. The molecule has 2 aromatic carbocycles. The maximum absolute atomic E-state index is 11.7. The Bertz CT molecular complexity index is 721. The molecule has 4 nitrogen and oxygen atoms in total. The number of nitrogens with zero attached hydrogens (tertiary/aromatic N) is 1. The summed E-state index contributed by atoms with van der Waals surface area (Å²) in [5, 5.41) is 10.6. The number of aryl methyl sites for hydroxylation is 2. The Balaban J connectivity index is 2.24. The predicted molar refractivity (Wildman–Crippen MR) is 94.9 cm³/mol. The van der Waals surface area contributed by atoms with Gasteiger partial charge in [0.15, 0.2) is 0 Å². The SMILES string of the molecule is CSC(=O)N(O)c1cc(Cl)ccc1COc1ccc(C)cc1C. The standard InChI is InChI=1S/C17H18ClNO3S/c1-11-4-7-16(12(2)8-11)22-10-13-5-6-14(18)9-15(13)19(21)17(20)23-3/h4-9,21H,10H2,1-3H3. The minimum atomic E-state index is -0.486. The number of hydrogen-bond donors (Lipinski definition) is 1. The average Bonchev–Trinajstić information content (AvgIpc) is 2.53. The van der Waals surface area contributed by atoms with Gasteiger partial charge in [-0.3, -0.25) is 10.0 Å². The normalized spacial score (nSPS) is 10.5. The first-order valence-corrected chi connectivity index (χ1v) is 8.58. The van der Waals surface area contributed by atoms with E-state index in [-0.39, 0.29) is 6.61 Å². The molecule has 23 heavy (non-hydrogen) atoms. The molecular weight excluding hydrogens is 334 g/mol. The van der Waals surface area contributed by atoms with Gasteiger partial charge in [-0.25, -0.2) is 0 Å². The molecule has 0 heterocycles. The van der Waals surface area contributed by atoms with E-state index < -0.39 is 5.24 Å². The van der Waals surface area contributed by atoms with Crippen molar-refractivity contribution in [1.82, 2.24) is 0 Å². The summed E-state index contributed by atoms with van der Waals surface area (Å²) in [7, 11) is 0. The van der Waals surface area contributed by atoms with Crippen LogP contribution < -0.4 is 9.80 Å². The van der Waals surface area contributed by atoms with Crippen molar-refractivity contribution in [3.8, 4) is 5.75 Å². The van der Waals surface area contributed by atoms with Crippen molar-refractivity contribution in [2.45, 2.75) is 20.5 Å². The first-order chi connectivity index (χ1) is 10.9. The molecule has 0 bridgehead atoms. The molecule has 6 heteroatoms. The summed E-state index contributed by atoms with van der Waals surface area (Å²) in [6, 6.07) is 10.9. The molecule has 0 fully saturated rings. The van der Waals surface area contributed by atoms with Crippen LogP contribution in [0.3, 0.4) is 0 Å². The quantitative estimate of drug-likeness (QED) is 0.606. The molecule has 0 aromatic heterocycles. The molecule has 122 valence electrons. The number of amides is 1. The van der Waals surface area contributed by atoms with Crippen molar-refractivity contribution in [2.75, 3.05) is 11.3 Å². The maximum atomic E-state index is 11.7. The van der Waals surface area contributed by atoms with E-state index in [1.54, 1.807) is 18.4 Å². The van der Waals surface area contributed by atoms with E-state index in [2.05, 4.69) is 0 Å². The Morgan fingerprint density at radius 1 is 1.26 bits per heavy atom. The summed E-state index contributed by atoms with van der Waals surface area (Å²) in [6.07, 6.45) is 1.60. The highest BCUT2D eigenvalue weighted by Crippen LogP contribution is 2.28. The summed E-state index contributed by atoms with van der Waals surface area (Å²) in [5.41, 5.74) is 3.18. The summed E-state index contributed by atoms with van der Waals surface area (Å²) in [4.78, 5) is 11.7. The van der Waals surface area contributed by atoms with Gasteiger partial charge in [-0.2, -0.15) is 5.06 Å². The number of anilines is 1. The molecule has 0 unspecified atom stereocenters. The molecule has 0 aliphatic rings. The second kappa shape index (κ2) is 7.73. The molecule has 0 aliphatic heterocycles. The van der Waals surface area contributed by atoms with Crippen LogP contribution in [0.2, 0.25) is 5.02 Å². The highest BCUT2D eigenvalue weighted by atomic mass is 35.5. The third-order valence-electron chi connectivity index (χ3n) is 3.34. The van der Waals surface area contributed by atoms with Crippen molar-refractivity contribution in [3.63, 3.8) is 0 Å². The molecule has 0 saturated heterocycles. The predicted octanol–water partition coefficient (Wildman–Crippen LogP) is 5.21. The number of hydroxylamine groups is 1. The third-order valence-corrected chi connectivity index (χ3v) is 4.09. The fourth-order valence-electron chi connectivity index (χ4n) is 2.16. The van der Waals surface area contributed by atoms with E-state index >= 15 is 0 Å². The molecule has 1 amide bonds. The van der Waals surface area contributed by atoms with Crippen LogP contribution in [0, 0.1) is 13.8 Å². The van der Waals surface area contributed by atoms with E-state index in [1.165, 1.54) is 6.07 Å². The lowest BCUT2D eigenvalue weighted by Gasteiger charge is -2.18. The van der Waals surface area contributed by atoms with E-state index in [4.69, 9.17) is 16.3 Å². The van der Waals surface area contributed by atoms with Gasteiger partial charge in [-0.05, 0) is 43.9 Å². The number of thioether (sulfide) groups is 1. The zero-order valence-electron chi connectivity index (χ0n) is 13.2. The Kier molecular flexibility index (Phi) is 5.93. The molecular formula is C17H18ClNO3S. The molecule has 0 aliphatic carbocycles. The van der Waals surface area contributed by atoms with Gasteiger partial charge in [-0.1, -0.05) is 47.1 Å². The monoisotopic (exact) mass is 351 g/mol. The fraction of sp³-hybridized carbons (Fsp3) is 0.235. The highest BCUT2D eigenvalue weighted by molar-refractivity contribution is 8.13. The first kappa shape index (κ1) is 17.7. The van der Waals surface area contributed by atoms with Crippen LogP contribution in [0.1, 0.15) is 16.7 Å². The van der Waals surface area contributed by atoms with Crippen molar-refractivity contribution in [2.24, 2.45) is 0 Å². The zero-order chi connectivity index (χ0) is 17.0. The van der Waals surface area contributed by atoms with Crippen molar-refractivity contribution in [3.05, 3.63) is 58.1 Å². The van der Waals surface area contributed by atoms with Crippen LogP contribution in [-0.4, -0.2) is 16.7 Å². The molecule has 0 spiro atoms. The van der Waals surface area contributed by atoms with Gasteiger partial charge in [0.2, 0.25) is 0 Å². The van der Waals surface area contributed by atoms with Gasteiger partial charge >= 0.3 is 5.24 Å². The minimum absolute atomic E-state index is 0.217. The second-order valence-corrected chi connectivity index (χ2v) is 6.31. The largest absolute Gasteiger partial charge is 0.489 e. The number of benzene rings is 2. The van der Waals surface area contributed by atoms with E-state index in [9.17, 15) is 10.0 Å². The first-order valence-electron chi connectivity index (χ1n) is 6.98. The second-order valence-electron chi connectivity index (χ2n) is 5.11. The number of halogens is 1. The lowest BCUT2D eigenvalue weighted by atomic mass is 10.1. The van der Waals surface area contributed by atoms with Crippen LogP contribution in [0.4, 0.5) is 10.5 Å². The lowest BCUT2D eigenvalue weighted by molar-refractivity contribution is 0.223. The molecule has 0 radical (unpaired) electrons. The Morgan fingerprint density at radius 2 is 2.00 bits per heavy atom. The van der Waals surface area contributed by atoms with Crippen LogP contribution in [0.5, 0.6) is 5.75 Å². The number of rotatable bonds is 4. The fourth-order valence-corrected chi connectivity index (χ4v) is 2.60. The van der Waals surface area contributed by atoms with Crippen LogP contribution in [-0.2, 0) is 6.61 Å². The van der Waals surface area contributed by atoms with Crippen molar-refractivity contribution < 1.29 is 14.7 Å². The summed E-state index contributed by atoms with van der Waals surface area (Å²) in [5.74, 6) is 0.761. The average molecular weight is 352 g/mol. The van der Waals surface area contributed by atoms with E-state index in [1.807, 2.05) is 32.0 Å². The Morgan fingerprint density at radius 3 is 2.65 bits per heavy atom. The number of hydrogen-bond acceptors (Lipinski definition) is 4. The molecule has 2 rings (SSSR count). The topological polar surface area (TPSA) is 49.8 Å². The van der Waals surface area contributed by atoms with Gasteiger partial charge < -0.3 is 4.74 Å². The molecule has 0 atom stereocenters. The summed E-state index contributed by atoms with van der Waals surface area (Å²) >= 11 is 6.89. The van der Waals surface area contributed by atoms with Crippen molar-refractivity contribution >= 4 is 34.3 Å². The summed E-state index contributed by atoms with van der Waals surface area (Å²) in [6.45, 7) is 4.21. The molecule has 1 N–H and O–H groups in total. The number of carbonyl (C=O) groups is 1. The Labute approximate surface area is 145 Å². The summed E-state index contributed by atoms with van der Waals surface area (Å²) < 4.78 is 5.82. The number of carbonyl (C=O) groups excluding carboxylic acids is 1. The minimum Gasteiger partial charge on any atom is -0.489 e. The van der Waals surface area contributed by atoms with Gasteiger partial charge in [0.05, 0.1) is 5.69 Å². The van der Waals surface area contributed by atoms with Crippen LogP contribution >= 0.6 is 23.4 Å². The van der Waals surface area contributed by atoms with Gasteiger partial charge in [-0.15, -0.1) is 0 Å². The lowest BCUT2D eigenvalue weighted by Crippen LogP contribution is -2.24. The van der Waals surface area contributed by atoms with Crippen LogP contribution in [0.25, 0.3) is 0 Å². The van der Waals surface area contributed by atoms with Gasteiger partial charge in [0.1, 0.15) is 12.4 Å². The third kappa shape index (κ3) is 4.41.